The number of fused-ring (bicyclic) bond motifs is 1. The van der Waals surface area contributed by atoms with Gasteiger partial charge in [0, 0.05) is 12.6 Å². The summed E-state index contributed by atoms with van der Waals surface area (Å²) in [5.74, 6) is 2.16. The predicted octanol–water partition coefficient (Wildman–Crippen LogP) is 4.52. The molecule has 1 amide bonds. The normalized spacial score (nSPS) is 12.0. The molecule has 4 aromatic rings. The Hall–Kier alpha value is -3.67. The van der Waals surface area contributed by atoms with Crippen molar-refractivity contribution in [1.82, 2.24) is 4.57 Å². The van der Waals surface area contributed by atoms with E-state index in [0.717, 1.165) is 21.3 Å². The number of aromatic nitrogens is 1. The van der Waals surface area contributed by atoms with Crippen LogP contribution >= 0.6 is 11.3 Å². The van der Waals surface area contributed by atoms with Crippen LogP contribution < -0.4 is 9.11 Å². The lowest BCUT2D eigenvalue weighted by Crippen LogP contribution is -2.26. The minimum absolute atomic E-state index is 0.0887. The maximum absolute atomic E-state index is 13.0. The van der Waals surface area contributed by atoms with Crippen LogP contribution in [0.4, 0.5) is 5.69 Å². The zero-order chi connectivity index (χ0) is 24.5. The smallest absolute Gasteiger partial charge is 0.279 e. The van der Waals surface area contributed by atoms with Gasteiger partial charge in [0.05, 0.1) is 27.3 Å². The van der Waals surface area contributed by atoms with E-state index in [9.17, 15) is 13.2 Å². The molecule has 0 N–H and O–H groups in total. The van der Waals surface area contributed by atoms with E-state index < -0.39 is 15.9 Å². The Bertz CT molecular complexity index is 1590. The Labute approximate surface area is 202 Å². The van der Waals surface area contributed by atoms with Gasteiger partial charge in [0.2, 0.25) is 0 Å². The van der Waals surface area contributed by atoms with E-state index in [2.05, 4.69) is 17.0 Å². The molecule has 0 bridgehead atoms. The molecule has 8 heteroatoms. The lowest BCUT2D eigenvalue weighted by molar-refractivity contribution is 0.0998. The van der Waals surface area contributed by atoms with E-state index in [-0.39, 0.29) is 11.4 Å². The minimum Gasteiger partial charge on any atom is -0.305 e. The Morgan fingerprint density at radius 2 is 1.76 bits per heavy atom. The van der Waals surface area contributed by atoms with Crippen LogP contribution in [0.1, 0.15) is 21.5 Å². The molecule has 6 nitrogen and oxygen atoms in total. The summed E-state index contributed by atoms with van der Waals surface area (Å²) in [7, 11) is -2.27. The van der Waals surface area contributed by atoms with Gasteiger partial charge in [0.25, 0.3) is 15.9 Å². The maximum atomic E-state index is 13.0. The van der Waals surface area contributed by atoms with Crippen molar-refractivity contribution in [3.8, 4) is 12.3 Å². The van der Waals surface area contributed by atoms with Gasteiger partial charge >= 0.3 is 0 Å². The second-order valence-electron chi connectivity index (χ2n) is 7.85. The van der Waals surface area contributed by atoms with Crippen LogP contribution in [0.25, 0.3) is 10.2 Å². The molecule has 34 heavy (non-hydrogen) atoms. The summed E-state index contributed by atoms with van der Waals surface area (Å²) in [6.07, 6.45) is 5.57. The summed E-state index contributed by atoms with van der Waals surface area (Å²) in [5.41, 5.74) is 3.97. The van der Waals surface area contributed by atoms with Crippen LogP contribution in [0, 0.1) is 26.2 Å². The summed E-state index contributed by atoms with van der Waals surface area (Å²) in [6, 6.07) is 18.7. The standard InChI is InChI=1S/C26H23N3O3S2/c1-5-15-29-23-17-18(2)16-19(3)24(23)33-26(29)27-25(30)20-11-13-22(14-12-20)34(31,32)28(4)21-9-7-6-8-10-21/h1,6-14,16-17H,15H2,2-4H3. The molecule has 0 aliphatic heterocycles. The van der Waals surface area contributed by atoms with Gasteiger partial charge in [-0.2, -0.15) is 4.99 Å². The van der Waals surface area contributed by atoms with Crippen LogP contribution in [0.2, 0.25) is 0 Å². The van der Waals surface area contributed by atoms with Gasteiger partial charge in [-0.15, -0.1) is 6.42 Å². The van der Waals surface area contributed by atoms with Crippen molar-refractivity contribution in [2.75, 3.05) is 11.4 Å². The molecule has 0 unspecified atom stereocenters. The summed E-state index contributed by atoms with van der Waals surface area (Å²) in [5, 5.41) is 0. The van der Waals surface area contributed by atoms with E-state index >= 15 is 0 Å². The lowest BCUT2D eigenvalue weighted by atomic mass is 10.1. The molecule has 0 radical (unpaired) electrons. The molecule has 1 heterocycles. The average molecular weight is 490 g/mol. The van der Waals surface area contributed by atoms with Gasteiger partial charge in [0.1, 0.15) is 0 Å². The predicted molar refractivity (Wildman–Crippen MR) is 136 cm³/mol. The van der Waals surface area contributed by atoms with Crippen LogP contribution in [0.15, 0.2) is 76.6 Å². The molecule has 0 aliphatic rings. The SMILES string of the molecule is C#CCn1c(=NC(=O)c2ccc(S(=O)(=O)N(C)c3ccccc3)cc2)sc2c(C)cc(C)cc21. The Balaban J connectivity index is 1.69. The van der Waals surface area contributed by atoms with Crippen LogP contribution in [-0.2, 0) is 16.6 Å². The van der Waals surface area contributed by atoms with Crippen LogP contribution in [0.3, 0.4) is 0 Å². The third kappa shape index (κ3) is 4.40. The summed E-state index contributed by atoms with van der Waals surface area (Å²) >= 11 is 1.41. The highest BCUT2D eigenvalue weighted by molar-refractivity contribution is 7.92. The van der Waals surface area contributed by atoms with E-state index in [4.69, 9.17) is 6.42 Å². The second kappa shape index (κ2) is 9.29. The van der Waals surface area contributed by atoms with Gasteiger partial charge in [-0.25, -0.2) is 8.42 Å². The molecule has 4 rings (SSSR count). The average Bonchev–Trinajstić information content (AvgIpc) is 3.16. The number of para-hydroxylation sites is 1. The van der Waals surface area contributed by atoms with Crippen molar-refractivity contribution in [1.29, 1.82) is 0 Å². The number of carbonyl (C=O) groups excluding carboxylic acids is 1. The number of thiazole rings is 1. The molecule has 3 aromatic carbocycles. The molecule has 0 atom stereocenters. The number of aryl methyl sites for hydroxylation is 2. The fourth-order valence-electron chi connectivity index (χ4n) is 3.70. The van der Waals surface area contributed by atoms with Gasteiger partial charge in [0.15, 0.2) is 4.80 Å². The molecule has 0 fully saturated rings. The van der Waals surface area contributed by atoms with Gasteiger partial charge in [-0.3, -0.25) is 9.10 Å². The van der Waals surface area contributed by atoms with E-state index in [1.54, 1.807) is 24.3 Å². The van der Waals surface area contributed by atoms with Crippen LogP contribution in [0.5, 0.6) is 0 Å². The maximum Gasteiger partial charge on any atom is 0.279 e. The van der Waals surface area contributed by atoms with Crippen LogP contribution in [-0.4, -0.2) is 25.9 Å². The van der Waals surface area contributed by atoms with Crippen molar-refractivity contribution in [2.24, 2.45) is 4.99 Å². The number of hydrogen-bond donors (Lipinski definition) is 0. The monoisotopic (exact) mass is 489 g/mol. The number of nitrogens with zero attached hydrogens (tertiary/aromatic N) is 3. The molecule has 0 saturated carbocycles. The van der Waals surface area contributed by atoms with E-state index in [1.165, 1.54) is 47.0 Å². The lowest BCUT2D eigenvalue weighted by Gasteiger charge is -2.19. The zero-order valence-electron chi connectivity index (χ0n) is 19.0. The molecule has 172 valence electrons. The third-order valence-corrected chi connectivity index (χ3v) is 8.47. The number of hydrogen-bond acceptors (Lipinski definition) is 4. The summed E-state index contributed by atoms with van der Waals surface area (Å²) < 4.78 is 30.0. The third-order valence-electron chi connectivity index (χ3n) is 5.44. The highest BCUT2D eigenvalue weighted by Gasteiger charge is 2.21. The minimum atomic E-state index is -3.77. The topological polar surface area (TPSA) is 71.7 Å². The number of amides is 1. The fourth-order valence-corrected chi connectivity index (χ4v) is 5.97. The highest BCUT2D eigenvalue weighted by Crippen LogP contribution is 2.24. The van der Waals surface area contributed by atoms with Gasteiger partial charge in [-0.1, -0.05) is 41.5 Å². The van der Waals surface area contributed by atoms with Gasteiger partial charge < -0.3 is 4.57 Å². The molecule has 0 saturated heterocycles. The number of anilines is 1. The number of sulfonamides is 1. The second-order valence-corrected chi connectivity index (χ2v) is 10.8. The zero-order valence-corrected chi connectivity index (χ0v) is 20.7. The Morgan fingerprint density at radius 3 is 2.41 bits per heavy atom. The van der Waals surface area contributed by atoms with Crippen molar-refractivity contribution >= 4 is 43.2 Å². The molecule has 1 aromatic heterocycles. The summed E-state index contributed by atoms with van der Waals surface area (Å²) in [6.45, 7) is 4.32. The largest absolute Gasteiger partial charge is 0.305 e. The summed E-state index contributed by atoms with van der Waals surface area (Å²) in [4.78, 5) is 17.8. The Morgan fingerprint density at radius 1 is 1.09 bits per heavy atom. The van der Waals surface area contributed by atoms with Gasteiger partial charge in [-0.05, 0) is 67.4 Å². The molecule has 0 aliphatic carbocycles. The van der Waals surface area contributed by atoms with Crippen molar-refractivity contribution in [2.45, 2.75) is 25.3 Å². The highest BCUT2D eigenvalue weighted by atomic mass is 32.2. The first kappa shape index (κ1) is 23.5. The molecular weight excluding hydrogens is 466 g/mol. The molecular formula is C26H23N3O3S2. The number of benzene rings is 3. The van der Waals surface area contributed by atoms with Crippen molar-refractivity contribution < 1.29 is 13.2 Å². The quantitative estimate of drug-likeness (QED) is 0.387. The van der Waals surface area contributed by atoms with Crippen molar-refractivity contribution in [3.05, 3.63) is 88.2 Å². The number of carbonyl (C=O) groups is 1. The number of terminal acetylenes is 1. The van der Waals surface area contributed by atoms with E-state index in [0.29, 0.717) is 16.1 Å². The van der Waals surface area contributed by atoms with E-state index in [1.807, 2.05) is 30.5 Å². The number of rotatable bonds is 5. The molecule has 0 spiro atoms. The Kier molecular flexibility index (Phi) is 6.42. The first-order valence-electron chi connectivity index (χ1n) is 10.5. The van der Waals surface area contributed by atoms with Crippen molar-refractivity contribution in [3.63, 3.8) is 0 Å². The fraction of sp³-hybridized carbons (Fsp3) is 0.154. The first-order valence-corrected chi connectivity index (χ1v) is 12.7. The first-order chi connectivity index (χ1) is 16.2.